The Morgan fingerprint density at radius 2 is 2.23 bits per heavy atom. The zero-order chi connectivity index (χ0) is 15.5. The van der Waals surface area contributed by atoms with Crippen molar-refractivity contribution in [3.05, 3.63) is 11.8 Å². The molecule has 0 saturated carbocycles. The van der Waals surface area contributed by atoms with Crippen molar-refractivity contribution in [2.24, 2.45) is 13.0 Å². The lowest BCUT2D eigenvalue weighted by molar-refractivity contribution is -0.121. The van der Waals surface area contributed by atoms with Crippen LogP contribution in [-0.4, -0.2) is 59.7 Å². The highest BCUT2D eigenvalue weighted by molar-refractivity contribution is 5.91. The predicted octanol–water partition coefficient (Wildman–Crippen LogP) is 0.752. The summed E-state index contributed by atoms with van der Waals surface area (Å²) in [5.41, 5.74) is 0.895. The normalized spacial score (nSPS) is 23.8. The van der Waals surface area contributed by atoms with E-state index in [0.717, 1.165) is 37.4 Å². The molecule has 3 heterocycles. The summed E-state index contributed by atoms with van der Waals surface area (Å²) in [5, 5.41) is 7.15. The highest BCUT2D eigenvalue weighted by atomic mass is 16.7. The Morgan fingerprint density at radius 3 is 2.91 bits per heavy atom. The standard InChI is InChI=1S/C15H24N4O3/c1-11-8-13(18(2)17-11)16-14(20)10-19-5-3-4-12(9-19)15-21-6-7-22-15/h8,12,15H,3-7,9-10H2,1-2H3,(H,16,20). The molecule has 3 rings (SSSR count). The first-order valence-electron chi connectivity index (χ1n) is 7.88. The minimum Gasteiger partial charge on any atom is -0.350 e. The van der Waals surface area contributed by atoms with Crippen LogP contribution < -0.4 is 5.32 Å². The van der Waals surface area contributed by atoms with Crippen molar-refractivity contribution in [3.63, 3.8) is 0 Å². The van der Waals surface area contributed by atoms with E-state index < -0.39 is 0 Å². The molecule has 2 aliphatic rings. The number of hydrogen-bond acceptors (Lipinski definition) is 5. The summed E-state index contributed by atoms with van der Waals surface area (Å²) in [7, 11) is 1.83. The number of hydrogen-bond donors (Lipinski definition) is 1. The van der Waals surface area contributed by atoms with E-state index in [9.17, 15) is 4.79 Å². The third kappa shape index (κ3) is 3.66. The van der Waals surface area contributed by atoms with E-state index in [1.54, 1.807) is 4.68 Å². The first kappa shape index (κ1) is 15.5. The Kier molecular flexibility index (Phi) is 4.75. The molecular weight excluding hydrogens is 284 g/mol. The highest BCUT2D eigenvalue weighted by Gasteiger charge is 2.31. The molecule has 22 heavy (non-hydrogen) atoms. The second-order valence-corrected chi connectivity index (χ2v) is 6.09. The van der Waals surface area contributed by atoms with Crippen LogP contribution in [-0.2, 0) is 21.3 Å². The molecule has 0 spiro atoms. The summed E-state index contributed by atoms with van der Waals surface area (Å²) >= 11 is 0. The summed E-state index contributed by atoms with van der Waals surface area (Å²) in [6.45, 7) is 5.46. The first-order valence-corrected chi connectivity index (χ1v) is 7.88. The molecule has 1 aromatic rings. The van der Waals surface area contributed by atoms with E-state index >= 15 is 0 Å². The second kappa shape index (κ2) is 6.76. The zero-order valence-corrected chi connectivity index (χ0v) is 13.2. The predicted molar refractivity (Wildman–Crippen MR) is 81.4 cm³/mol. The largest absolute Gasteiger partial charge is 0.350 e. The van der Waals surface area contributed by atoms with Crippen molar-refractivity contribution < 1.29 is 14.3 Å². The fraction of sp³-hybridized carbons (Fsp3) is 0.733. The number of anilines is 1. The lowest BCUT2D eigenvalue weighted by atomic mass is 9.97. The monoisotopic (exact) mass is 308 g/mol. The maximum absolute atomic E-state index is 12.2. The average molecular weight is 308 g/mol. The van der Waals surface area contributed by atoms with Crippen LogP contribution in [0.25, 0.3) is 0 Å². The number of ether oxygens (including phenoxy) is 2. The number of piperidine rings is 1. The molecule has 1 atom stereocenters. The van der Waals surface area contributed by atoms with E-state index in [4.69, 9.17) is 9.47 Å². The molecule has 2 aliphatic heterocycles. The van der Waals surface area contributed by atoms with Crippen LogP contribution in [0, 0.1) is 12.8 Å². The van der Waals surface area contributed by atoms with Crippen LogP contribution >= 0.6 is 0 Å². The second-order valence-electron chi connectivity index (χ2n) is 6.09. The van der Waals surface area contributed by atoms with E-state index in [0.29, 0.717) is 25.7 Å². The molecule has 0 aromatic carbocycles. The molecule has 7 nitrogen and oxygen atoms in total. The lowest BCUT2D eigenvalue weighted by Gasteiger charge is -2.34. The zero-order valence-electron chi connectivity index (χ0n) is 13.2. The SMILES string of the molecule is Cc1cc(NC(=O)CN2CCCC(C3OCCO3)C2)n(C)n1. The molecule has 7 heteroatoms. The van der Waals surface area contributed by atoms with Gasteiger partial charge in [-0.05, 0) is 26.3 Å². The van der Waals surface area contributed by atoms with Crippen LogP contribution in [0.15, 0.2) is 6.07 Å². The van der Waals surface area contributed by atoms with E-state index in [1.165, 1.54) is 0 Å². The molecule has 1 amide bonds. The molecule has 1 unspecified atom stereocenters. The third-order valence-electron chi connectivity index (χ3n) is 4.21. The van der Waals surface area contributed by atoms with Gasteiger partial charge in [-0.1, -0.05) is 0 Å². The number of nitrogens with one attached hydrogen (secondary N) is 1. The van der Waals surface area contributed by atoms with Crippen molar-refractivity contribution in [1.29, 1.82) is 0 Å². The molecule has 0 aliphatic carbocycles. The number of carbonyl (C=O) groups is 1. The first-order chi connectivity index (χ1) is 10.6. The molecular formula is C15H24N4O3. The molecule has 2 saturated heterocycles. The minimum atomic E-state index is -0.0921. The number of aromatic nitrogens is 2. The fourth-order valence-corrected chi connectivity index (χ4v) is 3.22. The minimum absolute atomic E-state index is 0.00286. The average Bonchev–Trinajstić information content (AvgIpc) is 3.10. The van der Waals surface area contributed by atoms with Crippen molar-refractivity contribution in [2.75, 3.05) is 38.2 Å². The number of rotatable bonds is 4. The Hall–Kier alpha value is -1.44. The smallest absolute Gasteiger partial charge is 0.239 e. The van der Waals surface area contributed by atoms with Gasteiger partial charge in [0.1, 0.15) is 5.82 Å². The Morgan fingerprint density at radius 1 is 1.45 bits per heavy atom. The van der Waals surface area contributed by atoms with Gasteiger partial charge in [-0.2, -0.15) is 5.10 Å². The summed E-state index contributed by atoms with van der Waals surface area (Å²) in [5.74, 6) is 1.10. The fourth-order valence-electron chi connectivity index (χ4n) is 3.22. The maximum Gasteiger partial charge on any atom is 0.239 e. The van der Waals surface area contributed by atoms with Crippen molar-refractivity contribution in [3.8, 4) is 0 Å². The van der Waals surface area contributed by atoms with Gasteiger partial charge >= 0.3 is 0 Å². The van der Waals surface area contributed by atoms with Crippen LogP contribution in [0.2, 0.25) is 0 Å². The van der Waals surface area contributed by atoms with Crippen molar-refractivity contribution in [1.82, 2.24) is 14.7 Å². The number of amides is 1. The quantitative estimate of drug-likeness (QED) is 0.889. The lowest BCUT2D eigenvalue weighted by Crippen LogP contribution is -2.44. The van der Waals surface area contributed by atoms with E-state index in [-0.39, 0.29) is 12.2 Å². The van der Waals surface area contributed by atoms with Gasteiger partial charge in [0.15, 0.2) is 6.29 Å². The maximum atomic E-state index is 12.2. The van der Waals surface area contributed by atoms with E-state index in [1.807, 2.05) is 20.0 Å². The van der Waals surface area contributed by atoms with Gasteiger partial charge in [0.25, 0.3) is 0 Å². The molecule has 1 aromatic heterocycles. The number of likely N-dealkylation sites (tertiary alicyclic amines) is 1. The number of carbonyl (C=O) groups excluding carboxylic acids is 1. The molecule has 2 fully saturated rings. The molecule has 122 valence electrons. The molecule has 1 N–H and O–H groups in total. The van der Waals surface area contributed by atoms with Crippen molar-refractivity contribution >= 4 is 11.7 Å². The molecule has 0 bridgehead atoms. The number of aryl methyl sites for hydroxylation is 2. The van der Waals surface area contributed by atoms with Gasteiger partial charge < -0.3 is 14.8 Å². The number of nitrogens with zero attached hydrogens (tertiary/aromatic N) is 3. The molecule has 0 radical (unpaired) electrons. The van der Waals surface area contributed by atoms with Gasteiger partial charge in [0.2, 0.25) is 5.91 Å². The van der Waals surface area contributed by atoms with E-state index in [2.05, 4.69) is 15.3 Å². The highest BCUT2D eigenvalue weighted by Crippen LogP contribution is 2.24. The van der Waals surface area contributed by atoms with Crippen molar-refractivity contribution in [2.45, 2.75) is 26.1 Å². The van der Waals surface area contributed by atoms with Gasteiger partial charge in [-0.3, -0.25) is 14.4 Å². The van der Waals surface area contributed by atoms with Crippen LogP contribution in [0.1, 0.15) is 18.5 Å². The summed E-state index contributed by atoms with van der Waals surface area (Å²) in [4.78, 5) is 14.4. The summed E-state index contributed by atoms with van der Waals surface area (Å²) in [6.07, 6.45) is 2.08. The van der Waals surface area contributed by atoms with Crippen LogP contribution in [0.3, 0.4) is 0 Å². The Labute approximate surface area is 130 Å². The summed E-state index contributed by atoms with van der Waals surface area (Å²) in [6, 6.07) is 1.87. The van der Waals surface area contributed by atoms with Gasteiger partial charge in [-0.25, -0.2) is 0 Å². The van der Waals surface area contributed by atoms with Crippen LogP contribution in [0.5, 0.6) is 0 Å². The van der Waals surface area contributed by atoms with Gasteiger partial charge in [0, 0.05) is 25.6 Å². The summed E-state index contributed by atoms with van der Waals surface area (Å²) < 4.78 is 12.9. The van der Waals surface area contributed by atoms with Gasteiger partial charge in [0.05, 0.1) is 25.5 Å². The van der Waals surface area contributed by atoms with Crippen LogP contribution in [0.4, 0.5) is 5.82 Å². The Bertz CT molecular complexity index is 525. The van der Waals surface area contributed by atoms with Gasteiger partial charge in [-0.15, -0.1) is 0 Å². The third-order valence-corrected chi connectivity index (χ3v) is 4.21. The topological polar surface area (TPSA) is 68.6 Å². The Balaban J connectivity index is 1.51.